The second-order valence-corrected chi connectivity index (χ2v) is 4.15. The first-order valence-electron chi connectivity index (χ1n) is 4.60. The number of fused-ring (bicyclic) bond motifs is 3. The Kier molecular flexibility index (Phi) is 1.58. The molecule has 2 aromatic heterocycles. The van der Waals surface area contributed by atoms with E-state index >= 15 is 0 Å². The third-order valence-corrected chi connectivity index (χ3v) is 3.53. The summed E-state index contributed by atoms with van der Waals surface area (Å²) in [5.41, 5.74) is 2.54. The monoisotopic (exact) mass is 203 g/mol. The zero-order chi connectivity index (χ0) is 9.54. The van der Waals surface area contributed by atoms with Crippen LogP contribution in [0.1, 0.15) is 12.5 Å². The number of aryl methyl sites for hydroxylation is 1. The van der Waals surface area contributed by atoms with E-state index in [1.54, 1.807) is 17.7 Å². The van der Waals surface area contributed by atoms with Crippen LogP contribution in [0.15, 0.2) is 24.5 Å². The molecule has 3 nitrogen and oxygen atoms in total. The minimum Gasteiger partial charge on any atom is -0.206 e. The molecular formula is C10H9N3S. The van der Waals surface area contributed by atoms with Gasteiger partial charge in [0.15, 0.2) is 0 Å². The van der Waals surface area contributed by atoms with Gasteiger partial charge in [-0.2, -0.15) is 5.10 Å². The molecule has 0 spiro atoms. The van der Waals surface area contributed by atoms with Crippen molar-refractivity contribution in [1.82, 2.24) is 14.6 Å². The lowest BCUT2D eigenvalue weighted by molar-refractivity contribution is 1.01. The predicted molar refractivity (Wildman–Crippen MR) is 57.7 cm³/mol. The topological polar surface area (TPSA) is 30.2 Å². The molecule has 3 rings (SSSR count). The van der Waals surface area contributed by atoms with Crippen LogP contribution in [-0.2, 0) is 6.42 Å². The quantitative estimate of drug-likeness (QED) is 0.608. The zero-order valence-corrected chi connectivity index (χ0v) is 8.58. The number of aromatic nitrogens is 3. The minimum atomic E-state index is 0.973. The summed E-state index contributed by atoms with van der Waals surface area (Å²) in [5, 5.41) is 4.20. The van der Waals surface area contributed by atoms with Gasteiger partial charge in [-0.1, -0.05) is 30.4 Å². The third kappa shape index (κ3) is 0.915. The summed E-state index contributed by atoms with van der Waals surface area (Å²) in [5.74, 6) is 0. The molecule has 70 valence electrons. The van der Waals surface area contributed by atoms with Crippen LogP contribution in [-0.4, -0.2) is 14.6 Å². The summed E-state index contributed by atoms with van der Waals surface area (Å²) in [6.45, 7) is 2.17. The van der Waals surface area contributed by atoms with E-state index in [9.17, 15) is 0 Å². The van der Waals surface area contributed by atoms with Gasteiger partial charge in [-0.05, 0) is 18.1 Å². The summed E-state index contributed by atoms with van der Waals surface area (Å²) in [6.07, 6.45) is 2.66. The van der Waals surface area contributed by atoms with Crippen LogP contribution in [0.4, 0.5) is 0 Å². The Labute approximate surface area is 85.0 Å². The van der Waals surface area contributed by atoms with Gasteiger partial charge >= 0.3 is 0 Å². The molecule has 0 saturated heterocycles. The zero-order valence-electron chi connectivity index (χ0n) is 7.77. The molecule has 0 radical (unpaired) electrons. The van der Waals surface area contributed by atoms with Crippen molar-refractivity contribution >= 4 is 26.5 Å². The van der Waals surface area contributed by atoms with Gasteiger partial charge in [0.1, 0.15) is 6.33 Å². The van der Waals surface area contributed by atoms with Crippen LogP contribution in [0, 0.1) is 0 Å². The molecular weight excluding hydrogens is 194 g/mol. The Morgan fingerprint density at radius 2 is 2.36 bits per heavy atom. The van der Waals surface area contributed by atoms with Gasteiger partial charge in [-0.25, -0.2) is 9.50 Å². The SMILES string of the molecule is CCc1cccc2c1sc1ncnn12. The predicted octanol–water partition coefficient (Wildman–Crippen LogP) is 2.51. The molecule has 0 unspecified atom stereocenters. The van der Waals surface area contributed by atoms with E-state index in [-0.39, 0.29) is 0 Å². The molecule has 0 bridgehead atoms. The van der Waals surface area contributed by atoms with Crippen LogP contribution in [0.5, 0.6) is 0 Å². The summed E-state index contributed by atoms with van der Waals surface area (Å²) in [4.78, 5) is 5.17. The molecule has 0 N–H and O–H groups in total. The summed E-state index contributed by atoms with van der Waals surface area (Å²) < 4.78 is 3.21. The molecule has 4 heteroatoms. The molecule has 0 aliphatic rings. The second-order valence-electron chi connectivity index (χ2n) is 3.18. The van der Waals surface area contributed by atoms with Crippen molar-refractivity contribution in [2.45, 2.75) is 13.3 Å². The number of thiazole rings is 1. The van der Waals surface area contributed by atoms with E-state index in [1.807, 2.05) is 4.52 Å². The maximum atomic E-state index is 4.20. The summed E-state index contributed by atoms with van der Waals surface area (Å²) in [7, 11) is 0. The van der Waals surface area contributed by atoms with Crippen molar-refractivity contribution in [2.75, 3.05) is 0 Å². The molecule has 0 fully saturated rings. The smallest absolute Gasteiger partial charge is 0.206 e. The number of benzene rings is 1. The lowest BCUT2D eigenvalue weighted by atomic mass is 10.2. The van der Waals surface area contributed by atoms with Crippen LogP contribution >= 0.6 is 11.3 Å². The lowest BCUT2D eigenvalue weighted by Crippen LogP contribution is -1.84. The average molecular weight is 203 g/mol. The van der Waals surface area contributed by atoms with Crippen molar-refractivity contribution < 1.29 is 0 Å². The number of hydrogen-bond donors (Lipinski definition) is 0. The Hall–Kier alpha value is -1.42. The molecule has 14 heavy (non-hydrogen) atoms. The molecule has 0 amide bonds. The van der Waals surface area contributed by atoms with Gasteiger partial charge in [-0.15, -0.1) is 0 Å². The maximum absolute atomic E-state index is 4.20. The molecule has 0 atom stereocenters. The molecule has 0 aliphatic carbocycles. The average Bonchev–Trinajstić information content (AvgIpc) is 2.76. The summed E-state index contributed by atoms with van der Waals surface area (Å²) in [6, 6.07) is 6.33. The van der Waals surface area contributed by atoms with Gasteiger partial charge in [0.05, 0.1) is 10.2 Å². The highest BCUT2D eigenvalue weighted by Crippen LogP contribution is 2.27. The largest absolute Gasteiger partial charge is 0.213 e. The number of rotatable bonds is 1. The first-order valence-corrected chi connectivity index (χ1v) is 5.42. The lowest BCUT2D eigenvalue weighted by Gasteiger charge is -1.96. The van der Waals surface area contributed by atoms with Gasteiger partial charge in [0.25, 0.3) is 0 Å². The third-order valence-electron chi connectivity index (χ3n) is 2.39. The van der Waals surface area contributed by atoms with Crippen LogP contribution in [0.2, 0.25) is 0 Å². The minimum absolute atomic E-state index is 0.973. The first kappa shape index (κ1) is 7.94. The van der Waals surface area contributed by atoms with Crippen molar-refractivity contribution in [3.05, 3.63) is 30.1 Å². The van der Waals surface area contributed by atoms with Crippen molar-refractivity contribution in [3.63, 3.8) is 0 Å². The van der Waals surface area contributed by atoms with E-state index < -0.39 is 0 Å². The highest BCUT2D eigenvalue weighted by atomic mass is 32.1. The normalized spacial score (nSPS) is 11.5. The van der Waals surface area contributed by atoms with Gasteiger partial charge < -0.3 is 0 Å². The maximum Gasteiger partial charge on any atom is 0.213 e. The highest BCUT2D eigenvalue weighted by molar-refractivity contribution is 7.23. The van der Waals surface area contributed by atoms with Crippen molar-refractivity contribution in [1.29, 1.82) is 0 Å². The second kappa shape index (κ2) is 2.78. The van der Waals surface area contributed by atoms with Crippen LogP contribution in [0.3, 0.4) is 0 Å². The standard InChI is InChI=1S/C10H9N3S/c1-2-7-4-3-5-8-9(7)14-10-11-6-12-13(8)10/h3-6H,2H2,1H3. The highest BCUT2D eigenvalue weighted by Gasteiger charge is 2.08. The van der Waals surface area contributed by atoms with Crippen molar-refractivity contribution in [2.24, 2.45) is 0 Å². The van der Waals surface area contributed by atoms with Gasteiger partial charge in [-0.3, -0.25) is 0 Å². The molecule has 0 saturated carbocycles. The van der Waals surface area contributed by atoms with E-state index in [4.69, 9.17) is 0 Å². The fourth-order valence-corrected chi connectivity index (χ4v) is 2.81. The fourth-order valence-electron chi connectivity index (χ4n) is 1.69. The van der Waals surface area contributed by atoms with Crippen LogP contribution < -0.4 is 0 Å². The molecule has 0 aliphatic heterocycles. The first-order chi connectivity index (χ1) is 6.90. The molecule has 2 heterocycles. The Morgan fingerprint density at radius 1 is 1.43 bits per heavy atom. The van der Waals surface area contributed by atoms with Gasteiger partial charge in [0.2, 0.25) is 4.96 Å². The van der Waals surface area contributed by atoms with E-state index in [2.05, 4.69) is 35.2 Å². The molecule has 3 aromatic rings. The number of nitrogens with zero attached hydrogens (tertiary/aromatic N) is 3. The Bertz CT molecular complexity index is 593. The summed E-state index contributed by atoms with van der Waals surface area (Å²) >= 11 is 1.71. The van der Waals surface area contributed by atoms with Crippen LogP contribution in [0.25, 0.3) is 15.2 Å². The van der Waals surface area contributed by atoms with Crippen molar-refractivity contribution in [3.8, 4) is 0 Å². The number of hydrogen-bond acceptors (Lipinski definition) is 3. The van der Waals surface area contributed by atoms with E-state index in [1.165, 1.54) is 15.8 Å². The Morgan fingerprint density at radius 3 is 3.21 bits per heavy atom. The van der Waals surface area contributed by atoms with E-state index in [0.29, 0.717) is 0 Å². The molecule has 1 aromatic carbocycles. The fraction of sp³-hybridized carbons (Fsp3) is 0.200. The Balaban J connectivity index is 2.54. The van der Waals surface area contributed by atoms with Gasteiger partial charge in [0, 0.05) is 0 Å². The van der Waals surface area contributed by atoms with E-state index in [0.717, 1.165) is 11.4 Å².